The largest absolute Gasteiger partial charge is 0.508 e. The minimum Gasteiger partial charge on any atom is -0.508 e. The molecule has 0 aromatic heterocycles. The van der Waals surface area contributed by atoms with Gasteiger partial charge in [-0.15, -0.1) is 0 Å². The zero-order valence-electron chi connectivity index (χ0n) is 14.4. The molecule has 2 N–H and O–H groups in total. The third-order valence-electron chi connectivity index (χ3n) is 3.91. The van der Waals surface area contributed by atoms with Crippen molar-refractivity contribution >= 4 is 51.9 Å². The summed E-state index contributed by atoms with van der Waals surface area (Å²) in [5, 5.41) is 12.0. The summed E-state index contributed by atoms with van der Waals surface area (Å²) in [4.78, 5) is 26.7. The molecule has 1 heterocycles. The van der Waals surface area contributed by atoms with Crippen LogP contribution in [0, 0.1) is 0 Å². The van der Waals surface area contributed by atoms with E-state index in [2.05, 4.69) is 5.32 Å². The molecule has 0 saturated carbocycles. The molecule has 1 aliphatic rings. The predicted octanol–water partition coefficient (Wildman–Crippen LogP) is 4.01. The summed E-state index contributed by atoms with van der Waals surface area (Å²) in [6.45, 7) is 0.403. The van der Waals surface area contributed by atoms with Gasteiger partial charge in [-0.05, 0) is 42.3 Å². The van der Waals surface area contributed by atoms with Gasteiger partial charge in [-0.25, -0.2) is 0 Å². The van der Waals surface area contributed by atoms with Crippen molar-refractivity contribution in [1.29, 1.82) is 0 Å². The third kappa shape index (κ3) is 5.18. The van der Waals surface area contributed by atoms with Crippen molar-refractivity contribution in [2.75, 3.05) is 11.9 Å². The van der Waals surface area contributed by atoms with Crippen molar-refractivity contribution < 1.29 is 14.7 Å². The number of hydrogen-bond donors (Lipinski definition) is 2. The summed E-state index contributed by atoms with van der Waals surface area (Å²) in [5.74, 6) is -0.121. The summed E-state index contributed by atoms with van der Waals surface area (Å²) in [6, 6.07) is 15.9. The fraction of sp³-hybridized carbons (Fsp3) is 0.150. The number of thioether (sulfide) groups is 1. The van der Waals surface area contributed by atoms with Gasteiger partial charge in [-0.3, -0.25) is 14.5 Å². The lowest BCUT2D eigenvalue weighted by atomic mass is 10.2. The number of hydrogen-bond acceptors (Lipinski definition) is 5. The molecule has 0 unspecified atom stereocenters. The van der Waals surface area contributed by atoms with E-state index >= 15 is 0 Å². The molecule has 27 heavy (non-hydrogen) atoms. The average molecular weight is 399 g/mol. The lowest BCUT2D eigenvalue weighted by Crippen LogP contribution is -2.29. The van der Waals surface area contributed by atoms with E-state index in [0.717, 1.165) is 5.56 Å². The van der Waals surface area contributed by atoms with Crippen LogP contribution in [0.4, 0.5) is 5.69 Å². The van der Waals surface area contributed by atoms with Gasteiger partial charge >= 0.3 is 0 Å². The lowest BCUT2D eigenvalue weighted by molar-refractivity contribution is -0.122. The first-order valence-corrected chi connectivity index (χ1v) is 9.65. The Kier molecular flexibility index (Phi) is 6.26. The van der Waals surface area contributed by atoms with Crippen molar-refractivity contribution in [2.24, 2.45) is 0 Å². The van der Waals surface area contributed by atoms with Crippen LogP contribution < -0.4 is 5.32 Å². The van der Waals surface area contributed by atoms with Gasteiger partial charge in [-0.2, -0.15) is 0 Å². The molecular weight excluding hydrogens is 380 g/mol. The highest BCUT2D eigenvalue weighted by atomic mass is 32.2. The minimum atomic E-state index is -0.147. The molecule has 1 saturated heterocycles. The molecule has 0 radical (unpaired) electrons. The number of rotatable bonds is 6. The number of anilines is 1. The Morgan fingerprint density at radius 1 is 1.15 bits per heavy atom. The van der Waals surface area contributed by atoms with E-state index in [4.69, 9.17) is 12.2 Å². The molecule has 1 aliphatic heterocycles. The van der Waals surface area contributed by atoms with Gasteiger partial charge < -0.3 is 10.4 Å². The molecule has 0 aliphatic carbocycles. The van der Waals surface area contributed by atoms with Crippen LogP contribution in [0.5, 0.6) is 5.75 Å². The van der Waals surface area contributed by atoms with Gasteiger partial charge in [0.05, 0.1) is 4.91 Å². The van der Waals surface area contributed by atoms with Gasteiger partial charge in [0.25, 0.3) is 5.91 Å². The zero-order valence-corrected chi connectivity index (χ0v) is 16.1. The Hall–Kier alpha value is -2.64. The summed E-state index contributed by atoms with van der Waals surface area (Å²) in [7, 11) is 0. The van der Waals surface area contributed by atoms with Crippen molar-refractivity contribution in [1.82, 2.24) is 4.90 Å². The SMILES string of the molecule is O=C(CCCN1C(=O)C(=Cc2ccccc2)SC1=S)Nc1ccc(O)cc1. The lowest BCUT2D eigenvalue weighted by Gasteiger charge is -2.14. The second-order valence-electron chi connectivity index (χ2n) is 5.94. The average Bonchev–Trinajstić information content (AvgIpc) is 2.92. The first kappa shape index (κ1) is 19.1. The third-order valence-corrected chi connectivity index (χ3v) is 5.29. The number of nitrogens with one attached hydrogen (secondary N) is 1. The number of carbonyl (C=O) groups excluding carboxylic acids is 2. The summed E-state index contributed by atoms with van der Waals surface area (Å²) >= 11 is 6.59. The highest BCUT2D eigenvalue weighted by molar-refractivity contribution is 8.26. The van der Waals surface area contributed by atoms with Crippen molar-refractivity contribution in [2.45, 2.75) is 12.8 Å². The van der Waals surface area contributed by atoms with E-state index < -0.39 is 0 Å². The number of nitrogens with zero attached hydrogens (tertiary/aromatic N) is 1. The number of phenols is 1. The van der Waals surface area contributed by atoms with E-state index in [1.54, 1.807) is 17.0 Å². The molecule has 3 rings (SSSR count). The van der Waals surface area contributed by atoms with Crippen LogP contribution in [0.15, 0.2) is 59.5 Å². The normalized spacial score (nSPS) is 15.4. The summed E-state index contributed by atoms with van der Waals surface area (Å²) in [5.41, 5.74) is 1.57. The highest BCUT2D eigenvalue weighted by Crippen LogP contribution is 2.32. The molecule has 7 heteroatoms. The molecule has 2 aromatic rings. The number of thiocarbonyl (C=S) groups is 1. The smallest absolute Gasteiger partial charge is 0.266 e. The van der Waals surface area contributed by atoms with Gasteiger partial charge in [0.1, 0.15) is 10.1 Å². The molecule has 138 valence electrons. The van der Waals surface area contributed by atoms with Crippen molar-refractivity contribution in [3.63, 3.8) is 0 Å². The van der Waals surface area contributed by atoms with Gasteiger partial charge in [-0.1, -0.05) is 54.3 Å². The van der Waals surface area contributed by atoms with Crippen LogP contribution in [0.1, 0.15) is 18.4 Å². The molecule has 1 fully saturated rings. The maximum absolute atomic E-state index is 12.5. The molecule has 0 atom stereocenters. The maximum Gasteiger partial charge on any atom is 0.266 e. The van der Waals surface area contributed by atoms with E-state index in [1.807, 2.05) is 36.4 Å². The topological polar surface area (TPSA) is 69.6 Å². The Balaban J connectivity index is 1.51. The van der Waals surface area contributed by atoms with E-state index in [9.17, 15) is 14.7 Å². The summed E-state index contributed by atoms with van der Waals surface area (Å²) < 4.78 is 0.515. The van der Waals surface area contributed by atoms with Gasteiger partial charge in [0.15, 0.2) is 0 Å². The van der Waals surface area contributed by atoms with E-state index in [-0.39, 0.29) is 24.0 Å². The Labute approximate surface area is 167 Å². The summed E-state index contributed by atoms with van der Waals surface area (Å²) in [6.07, 6.45) is 2.61. The minimum absolute atomic E-state index is 0.118. The Morgan fingerprint density at radius 2 is 1.85 bits per heavy atom. The first-order valence-electron chi connectivity index (χ1n) is 8.42. The van der Waals surface area contributed by atoms with Gasteiger partial charge in [0.2, 0.25) is 5.91 Å². The first-order chi connectivity index (χ1) is 13.0. The molecule has 5 nitrogen and oxygen atoms in total. The number of carbonyl (C=O) groups is 2. The second kappa shape index (κ2) is 8.83. The standard InChI is InChI=1S/C20H18N2O3S2/c23-16-10-8-15(9-11-16)21-18(24)7-4-12-22-19(25)17(27-20(22)26)13-14-5-2-1-3-6-14/h1-3,5-6,8-11,13,23H,4,7,12H2,(H,21,24). The highest BCUT2D eigenvalue weighted by Gasteiger charge is 2.31. The van der Waals surface area contributed by atoms with E-state index in [0.29, 0.717) is 27.9 Å². The Morgan fingerprint density at radius 3 is 2.56 bits per heavy atom. The fourth-order valence-corrected chi connectivity index (χ4v) is 3.87. The van der Waals surface area contributed by atoms with Crippen LogP contribution in [-0.4, -0.2) is 32.7 Å². The van der Waals surface area contributed by atoms with Gasteiger partial charge in [0, 0.05) is 18.7 Å². The van der Waals surface area contributed by atoms with Crippen LogP contribution in [0.25, 0.3) is 6.08 Å². The monoisotopic (exact) mass is 398 g/mol. The Bertz CT molecular complexity index is 880. The van der Waals surface area contributed by atoms with Crippen molar-refractivity contribution in [3.05, 3.63) is 65.1 Å². The number of phenolic OH excluding ortho intramolecular Hbond substituents is 1. The maximum atomic E-state index is 12.5. The van der Waals surface area contributed by atoms with Crippen LogP contribution in [0.3, 0.4) is 0 Å². The molecule has 2 amide bonds. The second-order valence-corrected chi connectivity index (χ2v) is 7.62. The zero-order chi connectivity index (χ0) is 19.2. The fourth-order valence-electron chi connectivity index (χ4n) is 2.56. The number of aromatic hydroxyl groups is 1. The van der Waals surface area contributed by atoms with Crippen LogP contribution in [-0.2, 0) is 9.59 Å². The van der Waals surface area contributed by atoms with Crippen LogP contribution in [0.2, 0.25) is 0 Å². The molecule has 2 aromatic carbocycles. The number of amides is 2. The molecule has 0 bridgehead atoms. The molecule has 0 spiro atoms. The van der Waals surface area contributed by atoms with Crippen molar-refractivity contribution in [3.8, 4) is 5.75 Å². The predicted molar refractivity (Wildman–Crippen MR) is 112 cm³/mol. The van der Waals surface area contributed by atoms with E-state index in [1.165, 1.54) is 23.9 Å². The quantitative estimate of drug-likeness (QED) is 0.437. The number of benzene rings is 2. The van der Waals surface area contributed by atoms with Crippen LogP contribution >= 0.6 is 24.0 Å². The molecular formula is C20H18N2O3S2.